The van der Waals surface area contributed by atoms with Gasteiger partial charge in [0.25, 0.3) is 0 Å². The maximum atomic E-state index is 4.94. The normalized spacial score (nSPS) is 10.3. The lowest BCUT2D eigenvalue weighted by molar-refractivity contribution is 0.397. The molecule has 0 atom stereocenters. The summed E-state index contributed by atoms with van der Waals surface area (Å²) in [6.07, 6.45) is 1.54. The largest absolute Gasteiger partial charge is 0.480 e. The summed E-state index contributed by atoms with van der Waals surface area (Å²) in [6, 6.07) is 3.65. The van der Waals surface area contributed by atoms with E-state index in [1.54, 1.807) is 13.3 Å². The van der Waals surface area contributed by atoms with Gasteiger partial charge >= 0.3 is 0 Å². The molecule has 2 aromatic rings. The Balaban J connectivity index is 2.66. The van der Waals surface area contributed by atoms with E-state index in [0.29, 0.717) is 11.5 Å². The first kappa shape index (κ1) is 8.37. The molecule has 66 valence electrons. The number of halogens is 1. The highest BCUT2D eigenvalue weighted by atomic mass is 79.9. The molecule has 13 heavy (non-hydrogen) atoms. The van der Waals surface area contributed by atoms with Crippen LogP contribution in [0, 0.1) is 0 Å². The van der Waals surface area contributed by atoms with Gasteiger partial charge < -0.3 is 4.74 Å². The monoisotopic (exact) mass is 239 g/mol. The number of methoxy groups -OCH3 is 1. The average Bonchev–Trinajstić information content (AvgIpc) is 2.17. The van der Waals surface area contributed by atoms with Crippen molar-refractivity contribution in [2.75, 3.05) is 7.11 Å². The molecule has 0 aliphatic heterocycles. The average molecular weight is 240 g/mol. The van der Waals surface area contributed by atoms with Crippen LogP contribution in [0.2, 0.25) is 0 Å². The lowest BCUT2D eigenvalue weighted by Gasteiger charge is -1.99. The molecule has 0 amide bonds. The standard InChI is InChI=1S/C8H6BrN3O/c1-13-7-4-10-8-5(11-7)2-3-6(9)12-8/h2-4H,1H3. The van der Waals surface area contributed by atoms with Gasteiger partial charge in [-0.25, -0.2) is 15.0 Å². The summed E-state index contributed by atoms with van der Waals surface area (Å²) in [7, 11) is 1.56. The van der Waals surface area contributed by atoms with Gasteiger partial charge in [-0.3, -0.25) is 0 Å². The Morgan fingerprint density at radius 1 is 1.31 bits per heavy atom. The molecule has 2 aromatic heterocycles. The SMILES string of the molecule is COc1cnc2nc(Br)ccc2n1. The fourth-order valence-corrected chi connectivity index (χ4v) is 1.26. The van der Waals surface area contributed by atoms with Crippen LogP contribution in [0.15, 0.2) is 22.9 Å². The second kappa shape index (κ2) is 3.26. The first-order valence-electron chi connectivity index (χ1n) is 3.63. The number of fused-ring (bicyclic) bond motifs is 1. The van der Waals surface area contributed by atoms with Crippen molar-refractivity contribution in [3.8, 4) is 5.88 Å². The lowest BCUT2D eigenvalue weighted by atomic mass is 10.4. The van der Waals surface area contributed by atoms with Crippen molar-refractivity contribution in [3.05, 3.63) is 22.9 Å². The molecule has 0 aliphatic rings. The van der Waals surface area contributed by atoms with Crippen LogP contribution in [0.5, 0.6) is 5.88 Å². The molecule has 0 unspecified atom stereocenters. The first-order valence-corrected chi connectivity index (χ1v) is 4.42. The van der Waals surface area contributed by atoms with Gasteiger partial charge in [0.1, 0.15) is 10.1 Å². The number of nitrogens with zero attached hydrogens (tertiary/aromatic N) is 3. The van der Waals surface area contributed by atoms with Crippen LogP contribution >= 0.6 is 15.9 Å². The molecular formula is C8H6BrN3O. The summed E-state index contributed by atoms with van der Waals surface area (Å²) < 4.78 is 5.69. The van der Waals surface area contributed by atoms with E-state index >= 15 is 0 Å². The minimum Gasteiger partial charge on any atom is -0.480 e. The van der Waals surface area contributed by atoms with Crippen molar-refractivity contribution in [2.45, 2.75) is 0 Å². The Morgan fingerprint density at radius 3 is 2.92 bits per heavy atom. The van der Waals surface area contributed by atoms with Gasteiger partial charge in [-0.2, -0.15) is 0 Å². The zero-order valence-electron chi connectivity index (χ0n) is 6.86. The predicted molar refractivity (Wildman–Crippen MR) is 51.6 cm³/mol. The van der Waals surface area contributed by atoms with Gasteiger partial charge in [-0.05, 0) is 28.1 Å². The van der Waals surface area contributed by atoms with Crippen molar-refractivity contribution in [3.63, 3.8) is 0 Å². The Bertz CT molecular complexity index is 446. The zero-order chi connectivity index (χ0) is 9.26. The van der Waals surface area contributed by atoms with Crippen LogP contribution in [-0.4, -0.2) is 22.1 Å². The highest BCUT2D eigenvalue weighted by molar-refractivity contribution is 9.10. The highest BCUT2D eigenvalue weighted by Crippen LogP contribution is 2.14. The molecule has 2 rings (SSSR count). The third-order valence-electron chi connectivity index (χ3n) is 1.56. The number of rotatable bonds is 1. The van der Waals surface area contributed by atoms with E-state index in [1.807, 2.05) is 12.1 Å². The minimum atomic E-state index is 0.497. The topological polar surface area (TPSA) is 47.9 Å². The number of ether oxygens (including phenoxy) is 1. The van der Waals surface area contributed by atoms with E-state index in [-0.39, 0.29) is 0 Å². The quantitative estimate of drug-likeness (QED) is 0.713. The Hall–Kier alpha value is -1.23. The van der Waals surface area contributed by atoms with E-state index in [0.717, 1.165) is 10.1 Å². The Kier molecular flexibility index (Phi) is 2.10. The van der Waals surface area contributed by atoms with E-state index in [4.69, 9.17) is 4.74 Å². The van der Waals surface area contributed by atoms with Crippen LogP contribution < -0.4 is 4.74 Å². The summed E-state index contributed by atoms with van der Waals surface area (Å²) in [5.41, 5.74) is 1.33. The second-order valence-electron chi connectivity index (χ2n) is 2.39. The molecule has 0 saturated carbocycles. The fourth-order valence-electron chi connectivity index (χ4n) is 0.963. The van der Waals surface area contributed by atoms with E-state index in [1.165, 1.54) is 0 Å². The molecule has 0 aromatic carbocycles. The van der Waals surface area contributed by atoms with Crippen LogP contribution in [0.25, 0.3) is 11.2 Å². The molecule has 2 heterocycles. The number of hydrogen-bond donors (Lipinski definition) is 0. The lowest BCUT2D eigenvalue weighted by Crippen LogP contribution is -1.92. The smallest absolute Gasteiger partial charge is 0.232 e. The van der Waals surface area contributed by atoms with Crippen molar-refractivity contribution in [1.29, 1.82) is 0 Å². The third kappa shape index (κ3) is 1.60. The number of aromatic nitrogens is 3. The van der Waals surface area contributed by atoms with Gasteiger partial charge in [0.05, 0.1) is 13.3 Å². The van der Waals surface area contributed by atoms with Crippen molar-refractivity contribution in [2.24, 2.45) is 0 Å². The summed E-state index contributed by atoms with van der Waals surface area (Å²) in [5.74, 6) is 0.497. The summed E-state index contributed by atoms with van der Waals surface area (Å²) in [5, 5.41) is 0. The molecule has 0 radical (unpaired) electrons. The molecule has 0 bridgehead atoms. The molecule has 0 fully saturated rings. The van der Waals surface area contributed by atoms with E-state index in [9.17, 15) is 0 Å². The first-order chi connectivity index (χ1) is 6.29. The molecule has 0 saturated heterocycles. The van der Waals surface area contributed by atoms with Crippen molar-refractivity contribution in [1.82, 2.24) is 15.0 Å². The molecular weight excluding hydrogens is 234 g/mol. The van der Waals surface area contributed by atoms with Crippen LogP contribution in [0.3, 0.4) is 0 Å². The fraction of sp³-hybridized carbons (Fsp3) is 0.125. The predicted octanol–water partition coefficient (Wildman–Crippen LogP) is 1.80. The minimum absolute atomic E-state index is 0.497. The molecule has 4 nitrogen and oxygen atoms in total. The van der Waals surface area contributed by atoms with Crippen LogP contribution in [-0.2, 0) is 0 Å². The van der Waals surface area contributed by atoms with Crippen LogP contribution in [0.4, 0.5) is 0 Å². The van der Waals surface area contributed by atoms with Crippen molar-refractivity contribution < 1.29 is 4.74 Å². The maximum absolute atomic E-state index is 4.94. The highest BCUT2D eigenvalue weighted by Gasteiger charge is 2.00. The summed E-state index contributed by atoms with van der Waals surface area (Å²) >= 11 is 3.26. The zero-order valence-corrected chi connectivity index (χ0v) is 8.45. The number of hydrogen-bond acceptors (Lipinski definition) is 4. The number of pyridine rings is 1. The molecule has 0 spiro atoms. The van der Waals surface area contributed by atoms with E-state index < -0.39 is 0 Å². The summed E-state index contributed by atoms with van der Waals surface area (Å²) in [4.78, 5) is 12.4. The second-order valence-corrected chi connectivity index (χ2v) is 3.20. The Morgan fingerprint density at radius 2 is 2.15 bits per heavy atom. The van der Waals surface area contributed by atoms with Gasteiger partial charge in [0.15, 0.2) is 5.65 Å². The molecule has 0 N–H and O–H groups in total. The van der Waals surface area contributed by atoms with Gasteiger partial charge in [-0.1, -0.05) is 0 Å². The van der Waals surface area contributed by atoms with Crippen LogP contribution in [0.1, 0.15) is 0 Å². The maximum Gasteiger partial charge on any atom is 0.232 e. The van der Waals surface area contributed by atoms with Gasteiger partial charge in [-0.15, -0.1) is 0 Å². The molecule has 0 aliphatic carbocycles. The van der Waals surface area contributed by atoms with Gasteiger partial charge in [0.2, 0.25) is 5.88 Å². The third-order valence-corrected chi connectivity index (χ3v) is 2.00. The van der Waals surface area contributed by atoms with Crippen molar-refractivity contribution >= 4 is 27.1 Å². The molecule has 5 heteroatoms. The summed E-state index contributed by atoms with van der Waals surface area (Å²) in [6.45, 7) is 0. The van der Waals surface area contributed by atoms with E-state index in [2.05, 4.69) is 30.9 Å². The van der Waals surface area contributed by atoms with Gasteiger partial charge in [0, 0.05) is 0 Å². The Labute approximate surface area is 83.1 Å².